The van der Waals surface area contributed by atoms with Crippen molar-refractivity contribution in [1.29, 1.82) is 0 Å². The number of fused-ring (bicyclic) bond motifs is 2. The number of aromatic nitrogens is 2. The molecule has 0 saturated heterocycles. The van der Waals surface area contributed by atoms with Crippen molar-refractivity contribution in [1.82, 2.24) is 9.97 Å². The number of hydrogen-bond acceptors (Lipinski definition) is 5. The molecule has 0 amide bonds. The summed E-state index contributed by atoms with van der Waals surface area (Å²) in [6.45, 7) is 9.71. The number of nitrogens with zero attached hydrogens (tertiary/aromatic N) is 1. The van der Waals surface area contributed by atoms with Gasteiger partial charge in [-0.05, 0) is 85.3 Å². The van der Waals surface area contributed by atoms with E-state index < -0.39 is 5.60 Å². The minimum absolute atomic E-state index is 0.114. The van der Waals surface area contributed by atoms with Gasteiger partial charge >= 0.3 is 0 Å². The standard InChI is InChI=1S/C30H34N4OS/c1-29(2,3)25-7-5-6-23-20(18-33-27(23)25)13-16-31-21-8-10-22(11-9-21)34-26-14-17-32-28-24(26)12-15-30(28,4)35-19-36/h5-11,14,17-19,31,33H,12-13,15-16H2,1-4H3,(H,32,34). The van der Waals surface area contributed by atoms with Gasteiger partial charge in [-0.1, -0.05) is 39.0 Å². The van der Waals surface area contributed by atoms with Gasteiger partial charge in [0.2, 0.25) is 0 Å². The lowest BCUT2D eigenvalue weighted by molar-refractivity contribution is 0.0835. The third-order valence-electron chi connectivity index (χ3n) is 7.21. The molecule has 0 bridgehead atoms. The zero-order valence-electron chi connectivity index (χ0n) is 21.4. The number of hydrogen-bond donors (Lipinski definition) is 3. The summed E-state index contributed by atoms with van der Waals surface area (Å²) >= 11 is 4.93. The maximum atomic E-state index is 5.74. The first-order valence-corrected chi connectivity index (χ1v) is 13.1. The zero-order valence-corrected chi connectivity index (χ0v) is 22.3. The summed E-state index contributed by atoms with van der Waals surface area (Å²) in [6, 6.07) is 17.1. The maximum Gasteiger partial charge on any atom is 0.149 e. The fourth-order valence-electron chi connectivity index (χ4n) is 5.23. The summed E-state index contributed by atoms with van der Waals surface area (Å²) in [4.78, 5) is 8.11. The van der Waals surface area contributed by atoms with Crippen molar-refractivity contribution in [2.75, 3.05) is 17.2 Å². The molecule has 5 rings (SSSR count). The van der Waals surface area contributed by atoms with Crippen LogP contribution in [0.1, 0.15) is 56.5 Å². The van der Waals surface area contributed by atoms with Crippen molar-refractivity contribution in [3.05, 3.63) is 83.3 Å². The zero-order chi connectivity index (χ0) is 25.3. The van der Waals surface area contributed by atoms with Crippen LogP contribution in [-0.2, 0) is 28.6 Å². The molecule has 2 aromatic carbocycles. The fourth-order valence-corrected chi connectivity index (χ4v) is 5.45. The number of para-hydroxylation sites is 1. The first-order valence-electron chi connectivity index (χ1n) is 12.6. The second-order valence-electron chi connectivity index (χ2n) is 10.8. The molecule has 1 unspecified atom stereocenters. The molecule has 0 saturated carbocycles. The van der Waals surface area contributed by atoms with Gasteiger partial charge in [0.1, 0.15) is 11.2 Å². The van der Waals surface area contributed by atoms with Crippen LogP contribution < -0.4 is 10.6 Å². The minimum atomic E-state index is -0.443. The van der Waals surface area contributed by atoms with E-state index >= 15 is 0 Å². The van der Waals surface area contributed by atoms with Crippen LogP contribution in [0.3, 0.4) is 0 Å². The largest absolute Gasteiger partial charge is 0.477 e. The van der Waals surface area contributed by atoms with Gasteiger partial charge in [-0.2, -0.15) is 0 Å². The molecule has 3 N–H and O–H groups in total. The number of H-pyrrole nitrogens is 1. The summed E-state index contributed by atoms with van der Waals surface area (Å²) in [5.41, 5.74) is 10.4. The molecule has 0 fully saturated rings. The molecule has 2 heterocycles. The molecule has 2 aromatic heterocycles. The number of ether oxygens (including phenoxy) is 1. The van der Waals surface area contributed by atoms with E-state index in [2.05, 4.69) is 97.0 Å². The van der Waals surface area contributed by atoms with E-state index in [1.165, 1.54) is 33.1 Å². The predicted octanol–water partition coefficient (Wildman–Crippen LogP) is 7.39. The number of anilines is 3. The van der Waals surface area contributed by atoms with Gasteiger partial charge in [0.25, 0.3) is 0 Å². The van der Waals surface area contributed by atoms with Crippen LogP contribution in [0, 0.1) is 0 Å². The number of aromatic amines is 1. The molecule has 0 radical (unpaired) electrons. The van der Waals surface area contributed by atoms with Crippen molar-refractivity contribution in [3.63, 3.8) is 0 Å². The summed E-state index contributed by atoms with van der Waals surface area (Å²) in [7, 11) is 0. The van der Waals surface area contributed by atoms with E-state index in [9.17, 15) is 0 Å². The molecule has 0 spiro atoms. The lowest BCUT2D eigenvalue weighted by Gasteiger charge is -2.23. The average molecular weight is 499 g/mol. The fraction of sp³-hybridized carbons (Fsp3) is 0.333. The summed E-state index contributed by atoms with van der Waals surface area (Å²) in [6.07, 6.45) is 6.74. The number of thiocarbonyl (C=S) groups is 1. The van der Waals surface area contributed by atoms with Crippen molar-refractivity contribution in [3.8, 4) is 0 Å². The van der Waals surface area contributed by atoms with E-state index in [-0.39, 0.29) is 5.41 Å². The van der Waals surface area contributed by atoms with Crippen LogP contribution in [0.5, 0.6) is 0 Å². The van der Waals surface area contributed by atoms with Crippen LogP contribution in [0.25, 0.3) is 10.9 Å². The Kier molecular flexibility index (Phi) is 6.47. The van der Waals surface area contributed by atoms with E-state index in [0.717, 1.165) is 48.6 Å². The molecule has 1 aliphatic carbocycles. The molecule has 36 heavy (non-hydrogen) atoms. The van der Waals surface area contributed by atoms with Gasteiger partial charge in [0.05, 0.1) is 5.69 Å². The Bertz CT molecular complexity index is 1390. The third-order valence-corrected chi connectivity index (χ3v) is 7.31. The Morgan fingerprint density at radius 3 is 2.64 bits per heavy atom. The Labute approximate surface area is 218 Å². The highest BCUT2D eigenvalue weighted by Gasteiger charge is 2.38. The van der Waals surface area contributed by atoms with Crippen molar-refractivity contribution < 1.29 is 4.74 Å². The van der Waals surface area contributed by atoms with E-state index in [1.807, 2.05) is 12.3 Å². The lowest BCUT2D eigenvalue weighted by atomic mass is 9.85. The van der Waals surface area contributed by atoms with Gasteiger partial charge in [-0.25, -0.2) is 0 Å². The smallest absolute Gasteiger partial charge is 0.149 e. The van der Waals surface area contributed by atoms with Crippen molar-refractivity contribution in [2.24, 2.45) is 0 Å². The summed E-state index contributed by atoms with van der Waals surface area (Å²) in [5, 5.41) is 8.45. The highest BCUT2D eigenvalue weighted by atomic mass is 32.1. The molecule has 5 nitrogen and oxygen atoms in total. The van der Waals surface area contributed by atoms with Gasteiger partial charge in [0.15, 0.2) is 0 Å². The van der Waals surface area contributed by atoms with Crippen molar-refractivity contribution >= 4 is 45.7 Å². The number of pyridine rings is 1. The first-order chi connectivity index (χ1) is 17.3. The maximum absolute atomic E-state index is 5.74. The Balaban J connectivity index is 1.22. The minimum Gasteiger partial charge on any atom is -0.477 e. The summed E-state index contributed by atoms with van der Waals surface area (Å²) < 4.78 is 5.74. The molecule has 6 heteroatoms. The van der Waals surface area contributed by atoms with Gasteiger partial charge in [-0.15, -0.1) is 0 Å². The number of benzene rings is 2. The van der Waals surface area contributed by atoms with E-state index in [1.54, 1.807) is 0 Å². The lowest BCUT2D eigenvalue weighted by Crippen LogP contribution is -2.22. The Morgan fingerprint density at radius 2 is 1.89 bits per heavy atom. The number of nitrogens with one attached hydrogen (secondary N) is 3. The van der Waals surface area contributed by atoms with Gasteiger partial charge in [0, 0.05) is 52.5 Å². The SMILES string of the molecule is CC(C)(C)c1cccc2c(CCNc3ccc(Nc4ccnc5c4CCC5(C)OC=S)cc3)c[nH]c12. The van der Waals surface area contributed by atoms with Crippen LogP contribution >= 0.6 is 12.2 Å². The molecule has 0 aliphatic heterocycles. The highest BCUT2D eigenvalue weighted by Crippen LogP contribution is 2.41. The predicted molar refractivity (Wildman–Crippen MR) is 154 cm³/mol. The quantitative estimate of drug-likeness (QED) is 0.221. The van der Waals surface area contributed by atoms with Crippen LogP contribution in [0.2, 0.25) is 0 Å². The van der Waals surface area contributed by atoms with E-state index in [4.69, 9.17) is 17.0 Å². The molecular formula is C30H34N4OS. The molecule has 1 atom stereocenters. The topological polar surface area (TPSA) is 62.0 Å². The van der Waals surface area contributed by atoms with Crippen LogP contribution in [0.4, 0.5) is 17.1 Å². The number of rotatable bonds is 8. The average Bonchev–Trinajstić information content (AvgIpc) is 3.42. The van der Waals surface area contributed by atoms with E-state index in [0.29, 0.717) is 0 Å². The Hall–Kier alpha value is -3.38. The van der Waals surface area contributed by atoms with Crippen molar-refractivity contribution in [2.45, 2.75) is 58.0 Å². The van der Waals surface area contributed by atoms with Crippen LogP contribution in [0.15, 0.2) is 60.9 Å². The Morgan fingerprint density at radius 1 is 1.11 bits per heavy atom. The summed E-state index contributed by atoms with van der Waals surface area (Å²) in [5.74, 6) is 0. The molecule has 186 valence electrons. The third kappa shape index (κ3) is 4.70. The monoisotopic (exact) mass is 498 g/mol. The second kappa shape index (κ2) is 9.58. The normalized spacial score (nSPS) is 17.1. The van der Waals surface area contributed by atoms with Gasteiger partial charge < -0.3 is 20.4 Å². The first kappa shape index (κ1) is 24.3. The van der Waals surface area contributed by atoms with Crippen LogP contribution in [-0.4, -0.2) is 22.1 Å². The molecule has 1 aliphatic rings. The molecule has 4 aromatic rings. The highest BCUT2D eigenvalue weighted by molar-refractivity contribution is 7.78. The second-order valence-corrected chi connectivity index (χ2v) is 11.0. The van der Waals surface area contributed by atoms with Gasteiger partial charge in [-0.3, -0.25) is 4.98 Å². The molecular weight excluding hydrogens is 464 g/mol.